The number of rotatable bonds is 6. The highest BCUT2D eigenvalue weighted by Crippen LogP contribution is 2.38. The SMILES string of the molecule is c1cc(CNc2ccnc(C3CC3)n2)cc(Cn2cncn2)c1. The first-order valence-electron chi connectivity index (χ1n) is 7.84. The molecule has 1 fully saturated rings. The van der Waals surface area contributed by atoms with E-state index < -0.39 is 0 Å². The van der Waals surface area contributed by atoms with E-state index in [2.05, 4.69) is 49.6 Å². The summed E-state index contributed by atoms with van der Waals surface area (Å²) in [5.41, 5.74) is 2.42. The molecule has 0 radical (unpaired) electrons. The van der Waals surface area contributed by atoms with Gasteiger partial charge in [0, 0.05) is 18.7 Å². The summed E-state index contributed by atoms with van der Waals surface area (Å²) in [6.45, 7) is 1.47. The van der Waals surface area contributed by atoms with Crippen LogP contribution in [0.15, 0.2) is 49.2 Å². The molecular formula is C17H18N6. The summed E-state index contributed by atoms with van der Waals surface area (Å²) in [6, 6.07) is 10.4. The molecule has 0 amide bonds. The van der Waals surface area contributed by atoms with Crippen LogP contribution in [0, 0.1) is 0 Å². The lowest BCUT2D eigenvalue weighted by atomic mass is 10.1. The highest BCUT2D eigenvalue weighted by molar-refractivity contribution is 5.36. The van der Waals surface area contributed by atoms with Crippen molar-refractivity contribution in [2.75, 3.05) is 5.32 Å². The summed E-state index contributed by atoms with van der Waals surface area (Å²) in [5.74, 6) is 2.43. The average Bonchev–Trinajstić information content (AvgIpc) is 3.32. The van der Waals surface area contributed by atoms with Crippen molar-refractivity contribution in [3.8, 4) is 0 Å². The van der Waals surface area contributed by atoms with E-state index in [1.807, 2.05) is 16.9 Å². The Morgan fingerprint density at radius 2 is 2.09 bits per heavy atom. The zero-order valence-corrected chi connectivity index (χ0v) is 12.8. The third-order valence-corrected chi connectivity index (χ3v) is 3.89. The monoisotopic (exact) mass is 306 g/mol. The lowest BCUT2D eigenvalue weighted by Crippen LogP contribution is -2.05. The topological polar surface area (TPSA) is 68.5 Å². The molecule has 1 N–H and O–H groups in total. The quantitative estimate of drug-likeness (QED) is 0.758. The minimum Gasteiger partial charge on any atom is -0.366 e. The summed E-state index contributed by atoms with van der Waals surface area (Å²) in [7, 11) is 0. The Hall–Kier alpha value is -2.76. The van der Waals surface area contributed by atoms with Gasteiger partial charge in [0.2, 0.25) is 0 Å². The Kier molecular flexibility index (Phi) is 3.71. The van der Waals surface area contributed by atoms with Crippen molar-refractivity contribution in [3.63, 3.8) is 0 Å². The number of anilines is 1. The van der Waals surface area contributed by atoms with Crippen molar-refractivity contribution in [2.24, 2.45) is 0 Å². The van der Waals surface area contributed by atoms with Crippen molar-refractivity contribution in [2.45, 2.75) is 31.8 Å². The molecule has 6 nitrogen and oxygen atoms in total. The number of nitrogens with zero attached hydrogens (tertiary/aromatic N) is 5. The van der Waals surface area contributed by atoms with Crippen molar-refractivity contribution >= 4 is 5.82 Å². The summed E-state index contributed by atoms with van der Waals surface area (Å²) in [6.07, 6.45) is 7.55. The van der Waals surface area contributed by atoms with E-state index in [0.29, 0.717) is 5.92 Å². The number of benzene rings is 1. The molecule has 0 aliphatic heterocycles. The summed E-state index contributed by atoms with van der Waals surface area (Å²) < 4.78 is 1.82. The molecule has 4 rings (SSSR count). The Bertz CT molecular complexity index is 779. The third kappa shape index (κ3) is 3.53. The zero-order valence-electron chi connectivity index (χ0n) is 12.8. The van der Waals surface area contributed by atoms with Crippen LogP contribution in [-0.2, 0) is 13.1 Å². The Balaban J connectivity index is 1.41. The molecule has 1 saturated carbocycles. The van der Waals surface area contributed by atoms with Gasteiger partial charge in [0.05, 0.1) is 6.54 Å². The fourth-order valence-electron chi connectivity index (χ4n) is 2.54. The van der Waals surface area contributed by atoms with Crippen LogP contribution in [0.4, 0.5) is 5.82 Å². The van der Waals surface area contributed by atoms with E-state index in [9.17, 15) is 0 Å². The molecule has 2 aromatic heterocycles. The number of hydrogen-bond donors (Lipinski definition) is 1. The van der Waals surface area contributed by atoms with Gasteiger partial charge in [-0.1, -0.05) is 24.3 Å². The van der Waals surface area contributed by atoms with Gasteiger partial charge in [0.1, 0.15) is 24.3 Å². The average molecular weight is 306 g/mol. The van der Waals surface area contributed by atoms with E-state index in [-0.39, 0.29) is 0 Å². The second-order valence-electron chi connectivity index (χ2n) is 5.84. The molecule has 1 aliphatic carbocycles. The van der Waals surface area contributed by atoms with Crippen LogP contribution in [0.25, 0.3) is 0 Å². The van der Waals surface area contributed by atoms with Crippen LogP contribution in [0.5, 0.6) is 0 Å². The van der Waals surface area contributed by atoms with Gasteiger partial charge in [0.15, 0.2) is 0 Å². The predicted octanol–water partition coefficient (Wildman–Crippen LogP) is 2.61. The highest BCUT2D eigenvalue weighted by Gasteiger charge is 2.26. The molecule has 23 heavy (non-hydrogen) atoms. The third-order valence-electron chi connectivity index (χ3n) is 3.89. The van der Waals surface area contributed by atoms with Crippen LogP contribution in [0.1, 0.15) is 35.7 Å². The molecule has 116 valence electrons. The molecule has 6 heteroatoms. The molecule has 2 heterocycles. The highest BCUT2D eigenvalue weighted by atomic mass is 15.3. The number of aromatic nitrogens is 5. The van der Waals surface area contributed by atoms with Crippen molar-refractivity contribution in [3.05, 3.63) is 66.1 Å². The van der Waals surface area contributed by atoms with Crippen molar-refractivity contribution in [1.29, 1.82) is 0 Å². The van der Waals surface area contributed by atoms with Gasteiger partial charge in [-0.25, -0.2) is 19.6 Å². The fourth-order valence-corrected chi connectivity index (χ4v) is 2.54. The maximum atomic E-state index is 4.59. The van der Waals surface area contributed by atoms with E-state index in [4.69, 9.17) is 0 Å². The first kappa shape index (κ1) is 13.9. The van der Waals surface area contributed by atoms with Gasteiger partial charge in [-0.2, -0.15) is 5.10 Å². The van der Waals surface area contributed by atoms with E-state index in [1.165, 1.54) is 24.0 Å². The fraction of sp³-hybridized carbons (Fsp3) is 0.294. The molecule has 0 bridgehead atoms. The van der Waals surface area contributed by atoms with E-state index in [1.54, 1.807) is 12.7 Å². The summed E-state index contributed by atoms with van der Waals surface area (Å²) >= 11 is 0. The first-order chi connectivity index (χ1) is 11.4. The number of hydrogen-bond acceptors (Lipinski definition) is 5. The number of nitrogens with one attached hydrogen (secondary N) is 1. The van der Waals surface area contributed by atoms with Crippen LogP contribution in [0.2, 0.25) is 0 Å². The predicted molar refractivity (Wildman–Crippen MR) is 86.9 cm³/mol. The lowest BCUT2D eigenvalue weighted by molar-refractivity contribution is 0.684. The van der Waals surface area contributed by atoms with E-state index in [0.717, 1.165) is 24.7 Å². The molecule has 1 aliphatic rings. The van der Waals surface area contributed by atoms with Crippen LogP contribution in [-0.4, -0.2) is 24.7 Å². The van der Waals surface area contributed by atoms with Crippen molar-refractivity contribution < 1.29 is 0 Å². The van der Waals surface area contributed by atoms with Gasteiger partial charge in [-0.15, -0.1) is 0 Å². The van der Waals surface area contributed by atoms with Crippen molar-refractivity contribution in [1.82, 2.24) is 24.7 Å². The minimum absolute atomic E-state index is 0.572. The molecule has 0 spiro atoms. The van der Waals surface area contributed by atoms with Gasteiger partial charge < -0.3 is 5.32 Å². The summed E-state index contributed by atoms with van der Waals surface area (Å²) in [4.78, 5) is 12.9. The molecule has 0 unspecified atom stereocenters. The Morgan fingerprint density at radius 3 is 2.91 bits per heavy atom. The second-order valence-corrected chi connectivity index (χ2v) is 5.84. The van der Waals surface area contributed by atoms with Gasteiger partial charge in [-0.3, -0.25) is 0 Å². The van der Waals surface area contributed by atoms with Gasteiger partial charge in [-0.05, 0) is 30.0 Å². The molecular weight excluding hydrogens is 288 g/mol. The smallest absolute Gasteiger partial charge is 0.137 e. The van der Waals surface area contributed by atoms with Gasteiger partial charge in [0.25, 0.3) is 0 Å². The Labute approximate surface area is 134 Å². The zero-order chi connectivity index (χ0) is 15.5. The lowest BCUT2D eigenvalue weighted by Gasteiger charge is -2.08. The Morgan fingerprint density at radius 1 is 1.17 bits per heavy atom. The maximum absolute atomic E-state index is 4.59. The normalized spacial score (nSPS) is 13.9. The maximum Gasteiger partial charge on any atom is 0.137 e. The minimum atomic E-state index is 0.572. The summed E-state index contributed by atoms with van der Waals surface area (Å²) in [5, 5.41) is 7.52. The second kappa shape index (κ2) is 6.16. The van der Waals surface area contributed by atoms with Crippen LogP contribution < -0.4 is 5.32 Å². The largest absolute Gasteiger partial charge is 0.366 e. The first-order valence-corrected chi connectivity index (χ1v) is 7.84. The molecule has 0 saturated heterocycles. The van der Waals surface area contributed by atoms with Crippen LogP contribution in [0.3, 0.4) is 0 Å². The molecule has 0 atom stereocenters. The van der Waals surface area contributed by atoms with Gasteiger partial charge >= 0.3 is 0 Å². The molecule has 3 aromatic rings. The van der Waals surface area contributed by atoms with E-state index >= 15 is 0 Å². The van der Waals surface area contributed by atoms with Crippen LogP contribution >= 0.6 is 0 Å². The molecule has 1 aromatic carbocycles. The standard InChI is InChI=1S/C17H18N6/c1-2-13(8-14(3-1)10-23-12-18-11-21-23)9-20-16-6-7-19-17(22-16)15-4-5-15/h1-3,6-8,11-12,15H,4-5,9-10H2,(H,19,20,22).